The van der Waals surface area contributed by atoms with Gasteiger partial charge in [0.15, 0.2) is 0 Å². The van der Waals surface area contributed by atoms with Gasteiger partial charge in [-0.1, -0.05) is 51.1 Å². The maximum absolute atomic E-state index is 12.3. The van der Waals surface area contributed by atoms with E-state index in [1.54, 1.807) is 4.57 Å². The van der Waals surface area contributed by atoms with Gasteiger partial charge in [0, 0.05) is 11.6 Å². The number of aromatic nitrogens is 1. The molecule has 1 aromatic carbocycles. The monoisotopic (exact) mass is 227 g/mol. The van der Waals surface area contributed by atoms with Crippen molar-refractivity contribution in [2.75, 3.05) is 0 Å². The van der Waals surface area contributed by atoms with Gasteiger partial charge < -0.3 is 0 Å². The Balaban J connectivity index is 2.46. The molecule has 0 fully saturated rings. The van der Waals surface area contributed by atoms with Crippen molar-refractivity contribution in [1.82, 2.24) is 4.57 Å². The predicted octanol–water partition coefficient (Wildman–Crippen LogP) is 3.84. The molecular weight excluding hydrogens is 210 g/mol. The van der Waals surface area contributed by atoms with Crippen LogP contribution in [0.15, 0.2) is 48.7 Å². The Labute approximate surface area is 102 Å². The van der Waals surface area contributed by atoms with Crippen molar-refractivity contribution < 1.29 is 4.79 Å². The quantitative estimate of drug-likeness (QED) is 0.725. The topological polar surface area (TPSA) is 22.0 Å². The van der Waals surface area contributed by atoms with Crippen LogP contribution in [0.4, 0.5) is 0 Å². The first-order valence-electron chi connectivity index (χ1n) is 5.78. The van der Waals surface area contributed by atoms with Gasteiger partial charge in [-0.3, -0.25) is 9.36 Å². The summed E-state index contributed by atoms with van der Waals surface area (Å²) in [6.07, 6.45) is 1.83. The number of hydrogen-bond donors (Lipinski definition) is 0. The number of nitrogens with zero attached hydrogens (tertiary/aromatic N) is 1. The minimum absolute atomic E-state index is 0.112. The van der Waals surface area contributed by atoms with Crippen LogP contribution in [-0.4, -0.2) is 10.5 Å². The summed E-state index contributed by atoms with van der Waals surface area (Å²) in [5.41, 5.74) is 1.64. The summed E-state index contributed by atoms with van der Waals surface area (Å²) in [5.74, 6) is 0.112. The molecule has 0 aliphatic heterocycles. The molecule has 0 saturated heterocycles. The highest BCUT2D eigenvalue weighted by Crippen LogP contribution is 2.24. The van der Waals surface area contributed by atoms with Crippen LogP contribution in [0.5, 0.6) is 0 Å². The van der Waals surface area contributed by atoms with Gasteiger partial charge in [-0.2, -0.15) is 0 Å². The first-order chi connectivity index (χ1) is 8.00. The lowest BCUT2D eigenvalue weighted by molar-refractivity contribution is 0.0769. The first-order valence-corrected chi connectivity index (χ1v) is 5.78. The van der Waals surface area contributed by atoms with Crippen molar-refractivity contribution in [2.45, 2.75) is 20.8 Å². The Morgan fingerprint density at radius 2 is 1.65 bits per heavy atom. The fraction of sp³-hybridized carbons (Fsp3) is 0.267. The molecule has 88 valence electrons. The minimum atomic E-state index is -0.372. The lowest BCUT2D eigenvalue weighted by Crippen LogP contribution is -2.26. The molecule has 0 radical (unpaired) electrons. The fourth-order valence-electron chi connectivity index (χ4n) is 1.76. The van der Waals surface area contributed by atoms with E-state index in [4.69, 9.17) is 0 Å². The molecule has 0 saturated carbocycles. The molecule has 2 aromatic rings. The van der Waals surface area contributed by atoms with Gasteiger partial charge >= 0.3 is 0 Å². The van der Waals surface area contributed by atoms with Gasteiger partial charge in [0.1, 0.15) is 0 Å². The highest BCUT2D eigenvalue weighted by Gasteiger charge is 2.24. The third-order valence-corrected chi connectivity index (χ3v) is 2.68. The minimum Gasteiger partial charge on any atom is -0.287 e. The molecule has 2 rings (SSSR count). The second-order valence-corrected chi connectivity index (χ2v) is 5.18. The average molecular weight is 227 g/mol. The van der Waals surface area contributed by atoms with E-state index < -0.39 is 0 Å². The van der Waals surface area contributed by atoms with E-state index in [0.717, 1.165) is 11.3 Å². The Morgan fingerprint density at radius 3 is 2.24 bits per heavy atom. The molecule has 0 aliphatic carbocycles. The zero-order valence-electron chi connectivity index (χ0n) is 10.5. The number of benzene rings is 1. The van der Waals surface area contributed by atoms with E-state index in [-0.39, 0.29) is 11.3 Å². The van der Waals surface area contributed by atoms with Crippen molar-refractivity contribution in [3.05, 3.63) is 48.7 Å². The van der Waals surface area contributed by atoms with E-state index in [9.17, 15) is 4.79 Å². The van der Waals surface area contributed by atoms with Crippen LogP contribution in [0.1, 0.15) is 25.6 Å². The molecule has 1 heterocycles. The SMILES string of the molecule is CC(C)(C)C(=O)n1cccc1-c1ccccc1. The first kappa shape index (κ1) is 11.6. The molecule has 0 unspecified atom stereocenters. The second-order valence-electron chi connectivity index (χ2n) is 5.18. The molecule has 17 heavy (non-hydrogen) atoms. The van der Waals surface area contributed by atoms with Gasteiger partial charge in [-0.15, -0.1) is 0 Å². The largest absolute Gasteiger partial charge is 0.287 e. The second kappa shape index (κ2) is 4.21. The summed E-state index contributed by atoms with van der Waals surface area (Å²) >= 11 is 0. The summed E-state index contributed by atoms with van der Waals surface area (Å²) in [5, 5.41) is 0. The van der Waals surface area contributed by atoms with E-state index >= 15 is 0 Å². The molecule has 0 atom stereocenters. The molecule has 0 N–H and O–H groups in total. The molecule has 0 spiro atoms. The van der Waals surface area contributed by atoms with Gasteiger partial charge in [0.2, 0.25) is 5.91 Å². The number of carbonyl (C=O) groups is 1. The van der Waals surface area contributed by atoms with Crippen LogP contribution in [0.25, 0.3) is 11.3 Å². The van der Waals surface area contributed by atoms with Crippen molar-refractivity contribution >= 4 is 5.91 Å². The van der Waals surface area contributed by atoms with Crippen molar-refractivity contribution in [2.24, 2.45) is 5.41 Å². The van der Waals surface area contributed by atoms with Crippen LogP contribution in [0, 0.1) is 5.41 Å². The maximum atomic E-state index is 12.3. The predicted molar refractivity (Wildman–Crippen MR) is 69.9 cm³/mol. The van der Waals surface area contributed by atoms with Gasteiger partial charge in [-0.05, 0) is 17.7 Å². The Kier molecular flexibility index (Phi) is 2.88. The standard InChI is InChI=1S/C15H17NO/c1-15(2,3)14(17)16-11-7-10-13(16)12-8-5-4-6-9-12/h4-11H,1-3H3. The van der Waals surface area contributed by atoms with E-state index in [1.165, 1.54) is 0 Å². The zero-order valence-corrected chi connectivity index (χ0v) is 10.5. The number of carbonyl (C=O) groups excluding carboxylic acids is 1. The smallest absolute Gasteiger partial charge is 0.236 e. The lowest BCUT2D eigenvalue weighted by Gasteiger charge is -2.19. The number of rotatable bonds is 1. The molecule has 1 aromatic heterocycles. The van der Waals surface area contributed by atoms with Crippen LogP contribution in [0.2, 0.25) is 0 Å². The molecule has 2 heteroatoms. The van der Waals surface area contributed by atoms with Crippen LogP contribution >= 0.6 is 0 Å². The Morgan fingerprint density at radius 1 is 1.00 bits per heavy atom. The summed E-state index contributed by atoms with van der Waals surface area (Å²) in [6, 6.07) is 13.8. The third-order valence-electron chi connectivity index (χ3n) is 2.68. The molecular formula is C15H17NO. The lowest BCUT2D eigenvalue weighted by atomic mass is 9.95. The maximum Gasteiger partial charge on any atom is 0.236 e. The summed E-state index contributed by atoms with van der Waals surface area (Å²) in [6.45, 7) is 5.80. The third kappa shape index (κ3) is 2.31. The van der Waals surface area contributed by atoms with Gasteiger partial charge in [0.25, 0.3) is 0 Å². The van der Waals surface area contributed by atoms with Crippen LogP contribution < -0.4 is 0 Å². The van der Waals surface area contributed by atoms with Crippen molar-refractivity contribution in [3.8, 4) is 11.3 Å². The van der Waals surface area contributed by atoms with Crippen molar-refractivity contribution in [3.63, 3.8) is 0 Å². The van der Waals surface area contributed by atoms with E-state index in [2.05, 4.69) is 0 Å². The fourth-order valence-corrected chi connectivity index (χ4v) is 1.76. The zero-order chi connectivity index (χ0) is 12.5. The summed E-state index contributed by atoms with van der Waals surface area (Å²) in [4.78, 5) is 12.3. The van der Waals surface area contributed by atoms with E-state index in [0.29, 0.717) is 0 Å². The van der Waals surface area contributed by atoms with Crippen LogP contribution in [0.3, 0.4) is 0 Å². The molecule has 0 amide bonds. The Bertz CT molecular complexity index is 517. The summed E-state index contributed by atoms with van der Waals surface area (Å²) < 4.78 is 1.73. The van der Waals surface area contributed by atoms with Gasteiger partial charge in [0.05, 0.1) is 5.69 Å². The Hall–Kier alpha value is -1.83. The highest BCUT2D eigenvalue weighted by atomic mass is 16.2. The van der Waals surface area contributed by atoms with Crippen molar-refractivity contribution in [1.29, 1.82) is 0 Å². The number of hydrogen-bond acceptors (Lipinski definition) is 1. The molecule has 2 nitrogen and oxygen atoms in total. The highest BCUT2D eigenvalue weighted by molar-refractivity contribution is 5.88. The summed E-state index contributed by atoms with van der Waals surface area (Å²) in [7, 11) is 0. The normalized spacial score (nSPS) is 11.5. The van der Waals surface area contributed by atoms with E-state index in [1.807, 2.05) is 69.4 Å². The van der Waals surface area contributed by atoms with Gasteiger partial charge in [-0.25, -0.2) is 0 Å². The molecule has 0 bridgehead atoms. The molecule has 0 aliphatic rings. The average Bonchev–Trinajstić information content (AvgIpc) is 2.76. The van der Waals surface area contributed by atoms with Crippen LogP contribution in [-0.2, 0) is 0 Å².